The fourth-order valence-electron chi connectivity index (χ4n) is 3.86. The first kappa shape index (κ1) is 16.7. The van der Waals surface area contributed by atoms with Crippen LogP contribution in [0.4, 0.5) is 4.39 Å². The van der Waals surface area contributed by atoms with E-state index in [4.69, 9.17) is 10.2 Å². The van der Waals surface area contributed by atoms with Crippen molar-refractivity contribution in [3.8, 4) is 6.07 Å². The van der Waals surface area contributed by atoms with Gasteiger partial charge in [0.1, 0.15) is 11.6 Å². The molecule has 132 valence electrons. The Labute approximate surface area is 152 Å². The Hall–Kier alpha value is -2.71. The molecule has 1 aliphatic heterocycles. The van der Waals surface area contributed by atoms with Crippen LogP contribution in [-0.4, -0.2) is 27.5 Å². The molecule has 2 aromatic carbocycles. The second-order valence-corrected chi connectivity index (χ2v) is 6.97. The number of halogens is 1. The summed E-state index contributed by atoms with van der Waals surface area (Å²) < 4.78 is 16.1. The van der Waals surface area contributed by atoms with Crippen molar-refractivity contribution in [1.82, 2.24) is 14.5 Å². The lowest BCUT2D eigenvalue weighted by Crippen LogP contribution is -2.33. The number of aryl methyl sites for hydroxylation is 1. The van der Waals surface area contributed by atoms with E-state index in [1.165, 1.54) is 0 Å². The Kier molecular flexibility index (Phi) is 4.44. The van der Waals surface area contributed by atoms with Crippen LogP contribution in [0.25, 0.3) is 11.0 Å². The van der Waals surface area contributed by atoms with Crippen LogP contribution in [-0.2, 0) is 13.6 Å². The molecule has 3 aromatic rings. The number of aromatic nitrogens is 2. The van der Waals surface area contributed by atoms with Crippen molar-refractivity contribution < 1.29 is 4.39 Å². The van der Waals surface area contributed by atoms with Crippen LogP contribution in [0.3, 0.4) is 0 Å². The molecule has 0 saturated carbocycles. The molecule has 4 nitrogen and oxygen atoms in total. The molecule has 1 aromatic heterocycles. The molecule has 5 heteroatoms. The molecule has 0 radical (unpaired) electrons. The van der Waals surface area contributed by atoms with Crippen molar-refractivity contribution in [1.29, 1.82) is 5.26 Å². The van der Waals surface area contributed by atoms with E-state index >= 15 is 0 Å². The van der Waals surface area contributed by atoms with Gasteiger partial charge in [0.2, 0.25) is 0 Å². The Morgan fingerprint density at radius 3 is 2.69 bits per heavy atom. The standard InChI is InChI=1S/C21H21FN4/c1-25-20-12-15(13-23)6-7-19(20)24-21(25)14-26-10-8-16(9-11-26)17-4-2-3-5-18(17)22/h2-7,12,16H,8-11,14H2,1H3. The van der Waals surface area contributed by atoms with E-state index in [-0.39, 0.29) is 5.82 Å². The number of benzene rings is 2. The van der Waals surface area contributed by atoms with Gasteiger partial charge in [-0.05, 0) is 61.7 Å². The first-order valence-corrected chi connectivity index (χ1v) is 8.98. The minimum atomic E-state index is -0.0883. The van der Waals surface area contributed by atoms with Gasteiger partial charge in [0.15, 0.2) is 0 Å². The van der Waals surface area contributed by atoms with Gasteiger partial charge in [0.05, 0.1) is 29.2 Å². The van der Waals surface area contributed by atoms with Crippen LogP contribution in [0.5, 0.6) is 0 Å². The zero-order valence-electron chi connectivity index (χ0n) is 14.8. The zero-order valence-corrected chi connectivity index (χ0v) is 14.8. The third-order valence-electron chi connectivity index (χ3n) is 5.40. The van der Waals surface area contributed by atoms with Crippen molar-refractivity contribution in [2.24, 2.45) is 7.05 Å². The molecule has 1 fully saturated rings. The van der Waals surface area contributed by atoms with Crippen molar-refractivity contribution in [2.45, 2.75) is 25.3 Å². The maximum atomic E-state index is 14.0. The Morgan fingerprint density at radius 2 is 1.96 bits per heavy atom. The molecule has 0 aliphatic carbocycles. The third kappa shape index (κ3) is 3.09. The van der Waals surface area contributed by atoms with Crippen molar-refractivity contribution in [2.75, 3.05) is 13.1 Å². The molecule has 1 saturated heterocycles. The molecule has 0 atom stereocenters. The Balaban J connectivity index is 1.46. The first-order chi connectivity index (χ1) is 12.7. The summed E-state index contributed by atoms with van der Waals surface area (Å²) in [5, 5.41) is 9.08. The molecular weight excluding hydrogens is 327 g/mol. The smallest absolute Gasteiger partial charge is 0.126 e. The van der Waals surface area contributed by atoms with Crippen LogP contribution in [0.2, 0.25) is 0 Å². The van der Waals surface area contributed by atoms with Crippen LogP contribution in [0.15, 0.2) is 42.5 Å². The summed E-state index contributed by atoms with van der Waals surface area (Å²) >= 11 is 0. The highest BCUT2D eigenvalue weighted by Gasteiger charge is 2.23. The highest BCUT2D eigenvalue weighted by Crippen LogP contribution is 2.30. The second kappa shape index (κ2) is 6.89. The summed E-state index contributed by atoms with van der Waals surface area (Å²) in [5.41, 5.74) is 3.40. The predicted molar refractivity (Wildman–Crippen MR) is 99.1 cm³/mol. The number of nitrogens with zero attached hydrogens (tertiary/aromatic N) is 4. The lowest BCUT2D eigenvalue weighted by atomic mass is 9.89. The number of imidazole rings is 1. The number of fused-ring (bicyclic) bond motifs is 1. The van der Waals surface area contributed by atoms with E-state index in [1.54, 1.807) is 18.2 Å². The van der Waals surface area contributed by atoms with E-state index < -0.39 is 0 Å². The van der Waals surface area contributed by atoms with Crippen molar-refractivity contribution in [3.63, 3.8) is 0 Å². The number of hydrogen-bond acceptors (Lipinski definition) is 3. The molecule has 2 heterocycles. The number of likely N-dealkylation sites (tertiary alicyclic amines) is 1. The maximum Gasteiger partial charge on any atom is 0.126 e. The molecule has 0 unspecified atom stereocenters. The minimum absolute atomic E-state index is 0.0883. The highest BCUT2D eigenvalue weighted by molar-refractivity contribution is 5.77. The van der Waals surface area contributed by atoms with E-state index in [1.807, 2.05) is 31.3 Å². The van der Waals surface area contributed by atoms with E-state index in [0.717, 1.165) is 54.9 Å². The quantitative estimate of drug-likeness (QED) is 0.719. The molecular formula is C21H21FN4. The van der Waals surface area contributed by atoms with Crippen molar-refractivity contribution >= 4 is 11.0 Å². The summed E-state index contributed by atoms with van der Waals surface area (Å²) in [6.07, 6.45) is 1.92. The summed E-state index contributed by atoms with van der Waals surface area (Å²) in [4.78, 5) is 7.10. The van der Waals surface area contributed by atoms with Gasteiger partial charge < -0.3 is 4.57 Å². The topological polar surface area (TPSA) is 44.9 Å². The maximum absolute atomic E-state index is 14.0. The van der Waals surface area contributed by atoms with Crippen LogP contribution in [0.1, 0.15) is 35.7 Å². The lowest BCUT2D eigenvalue weighted by molar-refractivity contribution is 0.197. The summed E-state index contributed by atoms with van der Waals surface area (Å²) in [7, 11) is 2.00. The average Bonchev–Trinajstić information content (AvgIpc) is 2.98. The molecule has 26 heavy (non-hydrogen) atoms. The largest absolute Gasteiger partial charge is 0.330 e. The Bertz CT molecular complexity index is 977. The van der Waals surface area contributed by atoms with Gasteiger partial charge >= 0.3 is 0 Å². The lowest BCUT2D eigenvalue weighted by Gasteiger charge is -2.32. The van der Waals surface area contributed by atoms with Gasteiger partial charge in [-0.15, -0.1) is 0 Å². The molecule has 0 amide bonds. The fourth-order valence-corrected chi connectivity index (χ4v) is 3.86. The zero-order chi connectivity index (χ0) is 18.1. The van der Waals surface area contributed by atoms with Crippen LogP contribution in [0, 0.1) is 17.1 Å². The Morgan fingerprint density at radius 1 is 1.19 bits per heavy atom. The van der Waals surface area contributed by atoms with Gasteiger partial charge in [-0.2, -0.15) is 5.26 Å². The first-order valence-electron chi connectivity index (χ1n) is 8.98. The number of nitriles is 1. The molecule has 0 spiro atoms. The number of piperidine rings is 1. The summed E-state index contributed by atoms with van der Waals surface area (Å²) in [6.45, 7) is 2.65. The van der Waals surface area contributed by atoms with Gasteiger partial charge in [0, 0.05) is 7.05 Å². The van der Waals surface area contributed by atoms with Gasteiger partial charge in [-0.25, -0.2) is 9.37 Å². The van der Waals surface area contributed by atoms with Crippen molar-refractivity contribution in [3.05, 3.63) is 65.2 Å². The fraction of sp³-hybridized carbons (Fsp3) is 0.333. The summed E-state index contributed by atoms with van der Waals surface area (Å²) in [6, 6.07) is 14.9. The number of rotatable bonds is 3. The summed E-state index contributed by atoms with van der Waals surface area (Å²) in [5.74, 6) is 1.21. The van der Waals surface area contributed by atoms with Crippen LogP contribution < -0.4 is 0 Å². The van der Waals surface area contributed by atoms with Crippen LogP contribution >= 0.6 is 0 Å². The minimum Gasteiger partial charge on any atom is -0.330 e. The molecule has 0 bridgehead atoms. The average molecular weight is 348 g/mol. The monoisotopic (exact) mass is 348 g/mol. The molecule has 1 aliphatic rings. The van der Waals surface area contributed by atoms with Gasteiger partial charge in [-0.1, -0.05) is 18.2 Å². The van der Waals surface area contributed by atoms with Gasteiger partial charge in [-0.3, -0.25) is 4.90 Å². The van der Waals surface area contributed by atoms with E-state index in [0.29, 0.717) is 11.5 Å². The van der Waals surface area contributed by atoms with E-state index in [9.17, 15) is 4.39 Å². The normalized spacial score (nSPS) is 16.0. The molecule has 4 rings (SSSR count). The predicted octanol–water partition coefficient (Wildman–Crippen LogP) is 3.96. The van der Waals surface area contributed by atoms with Gasteiger partial charge in [0.25, 0.3) is 0 Å². The highest BCUT2D eigenvalue weighted by atomic mass is 19.1. The third-order valence-corrected chi connectivity index (χ3v) is 5.40. The van der Waals surface area contributed by atoms with E-state index in [2.05, 4.69) is 15.5 Å². The number of hydrogen-bond donors (Lipinski definition) is 0. The SMILES string of the molecule is Cn1c(CN2CCC(c3ccccc3F)CC2)nc2ccc(C#N)cc21. The second-order valence-electron chi connectivity index (χ2n) is 6.97. The molecule has 0 N–H and O–H groups in total.